The summed E-state index contributed by atoms with van der Waals surface area (Å²) in [7, 11) is -3.68. The van der Waals surface area contributed by atoms with Gasteiger partial charge < -0.3 is 19.7 Å². The number of rotatable bonds is 5. The number of piperazine rings is 1. The first-order valence-corrected chi connectivity index (χ1v) is 13.9. The number of nitrogens with one attached hydrogen (secondary N) is 1. The SMILES string of the molecule is Cc1ccc(S(=O)(=O)N2CCN(C(=O)CN3C(=O)N[C@](C)(c4ccc5c(c4)OCCCO5)C3=O)CC2)cc1. The average molecular weight is 543 g/mol. The maximum Gasteiger partial charge on any atom is 0.325 e. The Kier molecular flexibility index (Phi) is 6.78. The molecule has 0 spiro atoms. The minimum absolute atomic E-state index is 0.122. The first-order valence-electron chi connectivity index (χ1n) is 12.5. The predicted molar refractivity (Wildman–Crippen MR) is 136 cm³/mol. The van der Waals surface area contributed by atoms with E-state index in [4.69, 9.17) is 9.47 Å². The molecule has 0 aliphatic carbocycles. The van der Waals surface area contributed by atoms with E-state index in [9.17, 15) is 22.8 Å². The van der Waals surface area contributed by atoms with Gasteiger partial charge >= 0.3 is 6.03 Å². The monoisotopic (exact) mass is 542 g/mol. The number of urea groups is 1. The van der Waals surface area contributed by atoms with Crippen molar-refractivity contribution in [3.63, 3.8) is 0 Å². The lowest BCUT2D eigenvalue weighted by Crippen LogP contribution is -2.53. The zero-order valence-electron chi connectivity index (χ0n) is 21.3. The zero-order chi connectivity index (χ0) is 27.1. The summed E-state index contributed by atoms with van der Waals surface area (Å²) in [6, 6.07) is 11.0. The first-order chi connectivity index (χ1) is 18.1. The maximum atomic E-state index is 13.4. The van der Waals surface area contributed by atoms with Crippen LogP contribution in [0, 0.1) is 6.92 Å². The second-order valence-corrected chi connectivity index (χ2v) is 11.7. The van der Waals surface area contributed by atoms with Gasteiger partial charge in [0.15, 0.2) is 11.5 Å². The molecule has 2 aromatic rings. The van der Waals surface area contributed by atoms with Crippen LogP contribution in [-0.2, 0) is 25.2 Å². The number of carbonyl (C=O) groups excluding carboxylic acids is 3. The molecule has 12 heteroatoms. The zero-order valence-corrected chi connectivity index (χ0v) is 22.1. The van der Waals surface area contributed by atoms with Crippen molar-refractivity contribution in [3.05, 3.63) is 53.6 Å². The second kappa shape index (κ2) is 9.91. The summed E-state index contributed by atoms with van der Waals surface area (Å²) in [5.41, 5.74) is 0.105. The largest absolute Gasteiger partial charge is 0.490 e. The summed E-state index contributed by atoms with van der Waals surface area (Å²) >= 11 is 0. The Labute approximate surface area is 221 Å². The van der Waals surface area contributed by atoms with Crippen molar-refractivity contribution in [2.24, 2.45) is 0 Å². The number of amides is 4. The number of sulfonamides is 1. The molecule has 3 heterocycles. The van der Waals surface area contributed by atoms with Gasteiger partial charge in [0.2, 0.25) is 15.9 Å². The molecule has 2 aromatic carbocycles. The van der Waals surface area contributed by atoms with Crippen LogP contribution in [0.15, 0.2) is 47.4 Å². The first kappa shape index (κ1) is 26.0. The lowest BCUT2D eigenvalue weighted by molar-refractivity contribution is -0.139. The Morgan fingerprint density at radius 3 is 2.32 bits per heavy atom. The van der Waals surface area contributed by atoms with Crippen molar-refractivity contribution in [1.82, 2.24) is 19.4 Å². The molecule has 0 radical (unpaired) electrons. The van der Waals surface area contributed by atoms with Gasteiger partial charge in [-0.15, -0.1) is 0 Å². The molecule has 0 saturated carbocycles. The Morgan fingerprint density at radius 1 is 0.974 bits per heavy atom. The van der Waals surface area contributed by atoms with E-state index in [0.717, 1.165) is 16.9 Å². The molecular weight excluding hydrogens is 512 g/mol. The van der Waals surface area contributed by atoms with Gasteiger partial charge in [-0.1, -0.05) is 23.8 Å². The van der Waals surface area contributed by atoms with E-state index < -0.39 is 40.0 Å². The van der Waals surface area contributed by atoms with Crippen LogP contribution in [0.4, 0.5) is 4.79 Å². The molecule has 202 valence electrons. The molecule has 0 aromatic heterocycles. The molecule has 2 saturated heterocycles. The highest BCUT2D eigenvalue weighted by molar-refractivity contribution is 7.89. The van der Waals surface area contributed by atoms with Gasteiger partial charge in [-0.05, 0) is 43.7 Å². The smallest absolute Gasteiger partial charge is 0.325 e. The third kappa shape index (κ3) is 4.69. The Balaban J connectivity index is 1.23. The number of hydrogen-bond acceptors (Lipinski definition) is 7. The number of benzene rings is 2. The molecule has 1 N–H and O–H groups in total. The summed E-state index contributed by atoms with van der Waals surface area (Å²) in [5.74, 6) is 0.0909. The average Bonchev–Trinajstić information content (AvgIpc) is 3.06. The molecule has 0 bridgehead atoms. The number of ether oxygens (including phenoxy) is 2. The van der Waals surface area contributed by atoms with Gasteiger partial charge in [0.25, 0.3) is 5.91 Å². The Hall–Kier alpha value is -3.64. The fraction of sp³-hybridized carbons (Fsp3) is 0.423. The van der Waals surface area contributed by atoms with Gasteiger partial charge in [0, 0.05) is 32.6 Å². The van der Waals surface area contributed by atoms with Crippen LogP contribution in [0.3, 0.4) is 0 Å². The lowest BCUT2D eigenvalue weighted by Gasteiger charge is -2.34. The number of nitrogens with zero attached hydrogens (tertiary/aromatic N) is 3. The minimum Gasteiger partial charge on any atom is -0.490 e. The van der Waals surface area contributed by atoms with Gasteiger partial charge in [-0.2, -0.15) is 4.31 Å². The number of carbonyl (C=O) groups is 3. The molecule has 5 rings (SSSR count). The van der Waals surface area contributed by atoms with Crippen LogP contribution in [0.5, 0.6) is 11.5 Å². The Morgan fingerprint density at radius 2 is 1.63 bits per heavy atom. The summed E-state index contributed by atoms with van der Waals surface area (Å²) in [4.78, 5) is 41.8. The fourth-order valence-corrected chi connectivity index (χ4v) is 6.21. The molecule has 38 heavy (non-hydrogen) atoms. The molecule has 4 amide bonds. The number of fused-ring (bicyclic) bond motifs is 1. The van der Waals surface area contributed by atoms with Gasteiger partial charge in [0.1, 0.15) is 12.1 Å². The van der Waals surface area contributed by atoms with Crippen molar-refractivity contribution in [2.75, 3.05) is 45.9 Å². The van der Waals surface area contributed by atoms with Crippen molar-refractivity contribution < 1.29 is 32.3 Å². The molecule has 1 atom stereocenters. The van der Waals surface area contributed by atoms with Crippen LogP contribution < -0.4 is 14.8 Å². The normalized spacial score (nSPS) is 22.3. The van der Waals surface area contributed by atoms with Crippen LogP contribution in [0.25, 0.3) is 0 Å². The number of aryl methyl sites for hydroxylation is 1. The van der Waals surface area contributed by atoms with Gasteiger partial charge in [-0.25, -0.2) is 13.2 Å². The Bertz CT molecular complexity index is 1370. The van der Waals surface area contributed by atoms with E-state index in [2.05, 4.69) is 5.32 Å². The van der Waals surface area contributed by atoms with E-state index in [0.29, 0.717) is 30.3 Å². The lowest BCUT2D eigenvalue weighted by atomic mass is 9.91. The maximum absolute atomic E-state index is 13.4. The highest BCUT2D eigenvalue weighted by atomic mass is 32.2. The summed E-state index contributed by atoms with van der Waals surface area (Å²) in [6.07, 6.45) is 0.735. The van der Waals surface area contributed by atoms with E-state index in [-0.39, 0.29) is 31.1 Å². The van der Waals surface area contributed by atoms with Crippen LogP contribution in [0.1, 0.15) is 24.5 Å². The third-order valence-electron chi connectivity index (χ3n) is 7.14. The predicted octanol–water partition coefficient (Wildman–Crippen LogP) is 1.46. The molecular formula is C26H30N4O7S. The number of imide groups is 1. The molecule has 11 nitrogen and oxygen atoms in total. The second-order valence-electron chi connectivity index (χ2n) is 9.76. The summed E-state index contributed by atoms with van der Waals surface area (Å²) in [5, 5.41) is 2.71. The molecule has 0 unspecified atom stereocenters. The van der Waals surface area contributed by atoms with E-state index in [1.165, 1.54) is 9.21 Å². The number of hydrogen-bond donors (Lipinski definition) is 1. The standard InChI is InChI=1S/C26H30N4O7S/c1-18-4-7-20(8-5-18)38(34,35)29-12-10-28(11-13-29)23(31)17-30-24(32)26(2,27-25(30)33)19-6-9-21-22(16-19)37-15-3-14-36-21/h4-9,16H,3,10-15,17H2,1-2H3,(H,27,33)/t26-/m1/s1. The minimum atomic E-state index is -3.68. The molecule has 3 aliphatic rings. The van der Waals surface area contributed by atoms with Crippen molar-refractivity contribution in [3.8, 4) is 11.5 Å². The van der Waals surface area contributed by atoms with E-state index >= 15 is 0 Å². The highest BCUT2D eigenvalue weighted by Crippen LogP contribution is 2.36. The van der Waals surface area contributed by atoms with E-state index in [1.807, 2.05) is 6.92 Å². The topological polar surface area (TPSA) is 126 Å². The van der Waals surface area contributed by atoms with Crippen LogP contribution in [-0.4, -0.2) is 86.3 Å². The van der Waals surface area contributed by atoms with E-state index in [1.54, 1.807) is 49.4 Å². The summed E-state index contributed by atoms with van der Waals surface area (Å²) in [6.45, 7) is 4.61. The van der Waals surface area contributed by atoms with Crippen molar-refractivity contribution in [1.29, 1.82) is 0 Å². The summed E-state index contributed by atoms with van der Waals surface area (Å²) < 4.78 is 38.6. The fourth-order valence-electron chi connectivity index (χ4n) is 4.78. The van der Waals surface area contributed by atoms with Crippen molar-refractivity contribution >= 4 is 27.9 Å². The van der Waals surface area contributed by atoms with Crippen LogP contribution >= 0.6 is 0 Å². The highest BCUT2D eigenvalue weighted by Gasteiger charge is 2.50. The van der Waals surface area contributed by atoms with Crippen molar-refractivity contribution in [2.45, 2.75) is 30.7 Å². The molecule has 2 fully saturated rings. The van der Waals surface area contributed by atoms with Gasteiger partial charge in [0.05, 0.1) is 18.1 Å². The molecule has 3 aliphatic heterocycles. The van der Waals surface area contributed by atoms with Gasteiger partial charge in [-0.3, -0.25) is 14.5 Å². The quantitative estimate of drug-likeness (QED) is 0.567. The third-order valence-corrected chi connectivity index (χ3v) is 9.06. The van der Waals surface area contributed by atoms with Crippen LogP contribution in [0.2, 0.25) is 0 Å².